The van der Waals surface area contributed by atoms with E-state index in [2.05, 4.69) is 6.92 Å². The minimum atomic E-state index is -0.231. The number of amides is 1. The molecule has 3 aromatic carbocycles. The molecule has 5 heteroatoms. The maximum atomic E-state index is 13.3. The monoisotopic (exact) mass is 432 g/mol. The number of halogens is 1. The Balaban J connectivity index is 1.55. The van der Waals surface area contributed by atoms with Crippen molar-refractivity contribution in [3.05, 3.63) is 95.3 Å². The molecule has 3 aromatic rings. The smallest absolute Gasteiger partial charge is 0.233 e. The van der Waals surface area contributed by atoms with Crippen molar-refractivity contribution in [2.24, 2.45) is 11.7 Å². The standard InChI is InChI=1S/C27H29FN2O2/c1-18(20-6-10-22(28)11-7-20)3-16-25-26(21-8-14-24(32-2)15-9-21)30(27(25)31)23-12-4-19(17-29)5-13-23/h4-15,18,25-26H,3,16-17,29H2,1-2H3/t18?,25-,26?/m1/s1. The highest BCUT2D eigenvalue weighted by Gasteiger charge is 2.48. The summed E-state index contributed by atoms with van der Waals surface area (Å²) < 4.78 is 18.6. The second kappa shape index (κ2) is 9.53. The number of carbonyl (C=O) groups is 1. The number of methoxy groups -OCH3 is 1. The van der Waals surface area contributed by atoms with Gasteiger partial charge in [-0.3, -0.25) is 4.79 Å². The Kier molecular flexibility index (Phi) is 6.56. The molecule has 2 N–H and O–H groups in total. The van der Waals surface area contributed by atoms with Crippen molar-refractivity contribution in [2.75, 3.05) is 12.0 Å². The molecule has 1 aliphatic rings. The molecule has 1 fully saturated rings. The number of anilines is 1. The van der Waals surface area contributed by atoms with Gasteiger partial charge in [-0.2, -0.15) is 0 Å². The maximum Gasteiger partial charge on any atom is 0.233 e. The van der Waals surface area contributed by atoms with Gasteiger partial charge in [0.2, 0.25) is 5.91 Å². The third-order valence-corrected chi connectivity index (χ3v) is 6.47. The van der Waals surface area contributed by atoms with Crippen molar-refractivity contribution in [3.63, 3.8) is 0 Å². The molecule has 4 nitrogen and oxygen atoms in total. The summed E-state index contributed by atoms with van der Waals surface area (Å²) in [6, 6.07) is 22.4. The predicted molar refractivity (Wildman–Crippen MR) is 125 cm³/mol. The minimum Gasteiger partial charge on any atom is -0.497 e. The number of hydrogen-bond acceptors (Lipinski definition) is 3. The van der Waals surface area contributed by atoms with E-state index >= 15 is 0 Å². The molecule has 1 heterocycles. The zero-order valence-corrected chi connectivity index (χ0v) is 18.5. The maximum absolute atomic E-state index is 13.3. The molecule has 0 radical (unpaired) electrons. The van der Waals surface area contributed by atoms with Gasteiger partial charge in [0.25, 0.3) is 0 Å². The van der Waals surface area contributed by atoms with Gasteiger partial charge in [-0.25, -0.2) is 4.39 Å². The molecule has 0 bridgehead atoms. The van der Waals surface area contributed by atoms with Gasteiger partial charge in [0, 0.05) is 12.2 Å². The number of nitrogens with two attached hydrogens (primary N) is 1. The molecule has 0 aliphatic carbocycles. The number of rotatable bonds is 8. The highest BCUT2D eigenvalue weighted by Crippen LogP contribution is 2.46. The zero-order valence-electron chi connectivity index (χ0n) is 18.5. The topological polar surface area (TPSA) is 55.6 Å². The Bertz CT molecular complexity index is 1050. The fraction of sp³-hybridized carbons (Fsp3) is 0.296. The summed E-state index contributed by atoms with van der Waals surface area (Å²) >= 11 is 0. The third kappa shape index (κ3) is 4.39. The van der Waals surface area contributed by atoms with Gasteiger partial charge in [-0.05, 0) is 71.8 Å². The third-order valence-electron chi connectivity index (χ3n) is 6.47. The average Bonchev–Trinajstić information content (AvgIpc) is 2.83. The predicted octanol–water partition coefficient (Wildman–Crippen LogP) is 5.58. The molecule has 0 saturated carbocycles. The first-order valence-corrected chi connectivity index (χ1v) is 11.0. The summed E-state index contributed by atoms with van der Waals surface area (Å²) in [6.45, 7) is 2.60. The van der Waals surface area contributed by atoms with E-state index in [9.17, 15) is 9.18 Å². The average molecular weight is 433 g/mol. The van der Waals surface area contributed by atoms with Crippen molar-refractivity contribution < 1.29 is 13.9 Å². The molecule has 4 rings (SSSR count). The first-order valence-electron chi connectivity index (χ1n) is 11.0. The summed E-state index contributed by atoms with van der Waals surface area (Å²) in [5, 5.41) is 0. The molecule has 0 aromatic heterocycles. The van der Waals surface area contributed by atoms with Crippen LogP contribution in [0, 0.1) is 11.7 Å². The quantitative estimate of drug-likeness (QED) is 0.473. The summed E-state index contributed by atoms with van der Waals surface area (Å²) in [6.07, 6.45) is 1.63. The molecule has 1 amide bonds. The minimum absolute atomic E-state index is 0.0300. The van der Waals surface area contributed by atoms with Crippen LogP contribution in [0.3, 0.4) is 0 Å². The SMILES string of the molecule is COc1ccc(C2[C@@H](CCC(C)c3ccc(F)cc3)C(=O)N2c2ccc(CN)cc2)cc1. The van der Waals surface area contributed by atoms with E-state index in [-0.39, 0.29) is 29.6 Å². The van der Waals surface area contributed by atoms with E-state index in [4.69, 9.17) is 10.5 Å². The Morgan fingerprint density at radius 1 is 1.00 bits per heavy atom. The second-order valence-electron chi connectivity index (χ2n) is 8.43. The van der Waals surface area contributed by atoms with Crippen LogP contribution in [0.25, 0.3) is 0 Å². The molecular weight excluding hydrogens is 403 g/mol. The van der Waals surface area contributed by atoms with Crippen LogP contribution in [-0.4, -0.2) is 13.0 Å². The first-order chi connectivity index (χ1) is 15.5. The van der Waals surface area contributed by atoms with Gasteiger partial charge >= 0.3 is 0 Å². The zero-order chi connectivity index (χ0) is 22.7. The van der Waals surface area contributed by atoms with E-state index in [0.717, 1.165) is 41.0 Å². The van der Waals surface area contributed by atoms with Crippen LogP contribution in [0.2, 0.25) is 0 Å². The summed E-state index contributed by atoms with van der Waals surface area (Å²) in [4.78, 5) is 15.1. The van der Waals surface area contributed by atoms with E-state index in [1.54, 1.807) is 7.11 Å². The van der Waals surface area contributed by atoms with Crippen LogP contribution in [0.5, 0.6) is 5.75 Å². The molecular formula is C27H29FN2O2. The lowest BCUT2D eigenvalue weighted by Gasteiger charge is -2.48. The van der Waals surface area contributed by atoms with Crippen molar-refractivity contribution in [2.45, 2.75) is 38.3 Å². The van der Waals surface area contributed by atoms with Gasteiger partial charge in [0.15, 0.2) is 0 Å². The lowest BCUT2D eigenvalue weighted by Crippen LogP contribution is -2.55. The van der Waals surface area contributed by atoms with E-state index in [1.807, 2.05) is 65.6 Å². The van der Waals surface area contributed by atoms with Crippen LogP contribution >= 0.6 is 0 Å². The van der Waals surface area contributed by atoms with E-state index in [0.29, 0.717) is 6.54 Å². The number of ether oxygens (including phenoxy) is 1. The normalized spacial score (nSPS) is 18.9. The van der Waals surface area contributed by atoms with Crippen LogP contribution in [0.4, 0.5) is 10.1 Å². The number of nitrogens with zero attached hydrogens (tertiary/aromatic N) is 1. The van der Waals surface area contributed by atoms with Gasteiger partial charge < -0.3 is 15.4 Å². The second-order valence-corrected chi connectivity index (χ2v) is 8.43. The largest absolute Gasteiger partial charge is 0.497 e. The van der Waals surface area contributed by atoms with Crippen LogP contribution in [0.15, 0.2) is 72.8 Å². The van der Waals surface area contributed by atoms with Gasteiger partial charge in [0.05, 0.1) is 19.1 Å². The number of hydrogen-bond donors (Lipinski definition) is 1. The van der Waals surface area contributed by atoms with Gasteiger partial charge in [0.1, 0.15) is 11.6 Å². The molecule has 166 valence electrons. The lowest BCUT2D eigenvalue weighted by atomic mass is 9.77. The summed E-state index contributed by atoms with van der Waals surface area (Å²) in [5.41, 5.74) is 9.83. The van der Waals surface area contributed by atoms with Crippen molar-refractivity contribution in [1.29, 1.82) is 0 Å². The Morgan fingerprint density at radius 2 is 1.66 bits per heavy atom. The molecule has 2 unspecified atom stereocenters. The van der Waals surface area contributed by atoms with Crippen LogP contribution in [-0.2, 0) is 11.3 Å². The fourth-order valence-corrected chi connectivity index (χ4v) is 4.48. The molecule has 0 spiro atoms. The van der Waals surface area contributed by atoms with Crippen LogP contribution < -0.4 is 15.4 Å². The first kappa shape index (κ1) is 22.0. The van der Waals surface area contributed by atoms with Crippen LogP contribution in [0.1, 0.15) is 48.4 Å². The molecule has 1 aliphatic heterocycles. The lowest BCUT2D eigenvalue weighted by molar-refractivity contribution is -0.130. The molecule has 1 saturated heterocycles. The highest BCUT2D eigenvalue weighted by molar-refractivity contribution is 6.03. The Morgan fingerprint density at radius 3 is 2.25 bits per heavy atom. The summed E-state index contributed by atoms with van der Waals surface area (Å²) in [7, 11) is 1.65. The van der Waals surface area contributed by atoms with Gasteiger partial charge in [-0.15, -0.1) is 0 Å². The van der Waals surface area contributed by atoms with Gasteiger partial charge in [-0.1, -0.05) is 43.3 Å². The van der Waals surface area contributed by atoms with Crippen molar-refractivity contribution in [3.8, 4) is 5.75 Å². The van der Waals surface area contributed by atoms with Crippen molar-refractivity contribution in [1.82, 2.24) is 0 Å². The molecule has 32 heavy (non-hydrogen) atoms. The Labute approximate surface area is 188 Å². The number of carbonyl (C=O) groups excluding carboxylic acids is 1. The van der Waals surface area contributed by atoms with E-state index in [1.165, 1.54) is 12.1 Å². The summed E-state index contributed by atoms with van der Waals surface area (Å²) in [5.74, 6) is 0.849. The molecule has 3 atom stereocenters. The fourth-order valence-electron chi connectivity index (χ4n) is 4.48. The Hall–Kier alpha value is -3.18. The number of β-lactam (4-membered cyclic amide) rings is 1. The van der Waals surface area contributed by atoms with E-state index < -0.39 is 0 Å². The number of benzene rings is 3. The van der Waals surface area contributed by atoms with Crippen molar-refractivity contribution >= 4 is 11.6 Å². The highest BCUT2D eigenvalue weighted by atomic mass is 19.1.